The van der Waals surface area contributed by atoms with Gasteiger partial charge >= 0.3 is 0 Å². The highest BCUT2D eigenvalue weighted by molar-refractivity contribution is 8.19. The van der Waals surface area contributed by atoms with Crippen LogP contribution in [-0.2, 0) is 4.79 Å². The number of nitrogens with zero attached hydrogens (tertiary/aromatic N) is 3. The molecule has 4 rings (SSSR count). The van der Waals surface area contributed by atoms with Crippen molar-refractivity contribution in [2.75, 3.05) is 25.1 Å². The number of halogens is 1. The highest BCUT2D eigenvalue weighted by Crippen LogP contribution is 2.51. The quantitative estimate of drug-likeness (QED) is 0.624. The lowest BCUT2D eigenvalue weighted by atomic mass is 10.2. The predicted octanol–water partition coefficient (Wildman–Crippen LogP) is 5.22. The van der Waals surface area contributed by atoms with Crippen LogP contribution in [0.3, 0.4) is 0 Å². The van der Waals surface area contributed by atoms with E-state index >= 15 is 0 Å². The largest absolute Gasteiger partial charge is 0.497 e. The molecule has 1 saturated heterocycles. The summed E-state index contributed by atoms with van der Waals surface area (Å²) in [4.78, 5) is 23.3. The molecule has 8 heteroatoms. The van der Waals surface area contributed by atoms with Crippen LogP contribution in [0.1, 0.15) is 13.8 Å². The van der Waals surface area contributed by atoms with Crippen molar-refractivity contribution in [1.29, 1.82) is 0 Å². The summed E-state index contributed by atoms with van der Waals surface area (Å²) in [6.07, 6.45) is 0. The monoisotopic (exact) mass is 429 g/mol. The third kappa shape index (κ3) is 3.62. The second kappa shape index (κ2) is 8.12. The average molecular weight is 430 g/mol. The topological polar surface area (TPSA) is 45.1 Å². The van der Waals surface area contributed by atoms with Gasteiger partial charge in [-0.05, 0) is 62.0 Å². The van der Waals surface area contributed by atoms with E-state index in [4.69, 9.17) is 4.74 Å². The predicted molar refractivity (Wildman–Crippen MR) is 117 cm³/mol. The van der Waals surface area contributed by atoms with Gasteiger partial charge in [-0.3, -0.25) is 9.69 Å². The Morgan fingerprint density at radius 1 is 1.03 bits per heavy atom. The number of methoxy groups -OCH3 is 1. The lowest BCUT2D eigenvalue weighted by molar-refractivity contribution is -0.122. The molecule has 0 N–H and O–H groups in total. The molecule has 1 amide bonds. The number of thioether (sulfide) groups is 2. The van der Waals surface area contributed by atoms with E-state index in [1.165, 1.54) is 23.9 Å². The van der Waals surface area contributed by atoms with Gasteiger partial charge in [0.25, 0.3) is 5.91 Å². The summed E-state index contributed by atoms with van der Waals surface area (Å²) in [6.45, 7) is 5.23. The fourth-order valence-corrected chi connectivity index (χ4v) is 5.63. The second-order valence-corrected chi connectivity index (χ2v) is 8.34. The van der Waals surface area contributed by atoms with Crippen molar-refractivity contribution in [2.24, 2.45) is 4.99 Å². The van der Waals surface area contributed by atoms with Crippen molar-refractivity contribution in [2.45, 2.75) is 18.7 Å². The summed E-state index contributed by atoms with van der Waals surface area (Å²) in [6, 6.07) is 11.9. The number of carbonyl (C=O) groups is 1. The Morgan fingerprint density at radius 2 is 1.76 bits per heavy atom. The number of rotatable bonds is 4. The maximum absolute atomic E-state index is 13.2. The number of amides is 1. The van der Waals surface area contributed by atoms with E-state index in [0.29, 0.717) is 22.3 Å². The molecule has 2 aliphatic rings. The summed E-state index contributed by atoms with van der Waals surface area (Å²) in [5.41, 5.74) is 1.66. The van der Waals surface area contributed by atoms with Crippen LogP contribution >= 0.6 is 23.5 Å². The molecule has 29 heavy (non-hydrogen) atoms. The van der Waals surface area contributed by atoms with Crippen LogP contribution in [0.4, 0.5) is 15.8 Å². The number of amidine groups is 1. The van der Waals surface area contributed by atoms with E-state index in [1.807, 2.05) is 25.1 Å². The lowest BCUT2D eigenvalue weighted by Gasteiger charge is -2.19. The maximum Gasteiger partial charge on any atom is 0.269 e. The van der Waals surface area contributed by atoms with Crippen molar-refractivity contribution >= 4 is 46.0 Å². The number of benzene rings is 2. The molecule has 2 aromatic rings. The van der Waals surface area contributed by atoms with E-state index < -0.39 is 0 Å². The molecule has 0 saturated carbocycles. The van der Waals surface area contributed by atoms with Gasteiger partial charge in [0, 0.05) is 24.1 Å². The van der Waals surface area contributed by atoms with E-state index in [0.717, 1.165) is 27.9 Å². The van der Waals surface area contributed by atoms with Crippen LogP contribution < -0.4 is 9.64 Å². The van der Waals surface area contributed by atoms with Gasteiger partial charge in [0.1, 0.15) is 21.5 Å². The van der Waals surface area contributed by atoms with Gasteiger partial charge < -0.3 is 9.64 Å². The number of likely N-dealkylation sites (N-methyl/N-ethyl adjacent to an activating group) is 1. The molecule has 0 unspecified atom stereocenters. The van der Waals surface area contributed by atoms with Crippen molar-refractivity contribution < 1.29 is 13.9 Å². The van der Waals surface area contributed by atoms with E-state index in [1.54, 1.807) is 35.9 Å². The Kier molecular flexibility index (Phi) is 5.56. The first kappa shape index (κ1) is 19.8. The maximum atomic E-state index is 13.2. The SMILES string of the molecule is CCN1C(=O)/C(=C2/Sc3ccc(OC)cc3N2CC)SC1=Nc1ccc(F)cc1. The Bertz CT molecular complexity index is 1020. The van der Waals surface area contributed by atoms with Gasteiger partial charge in [-0.15, -0.1) is 0 Å². The van der Waals surface area contributed by atoms with Crippen molar-refractivity contribution in [3.63, 3.8) is 0 Å². The first-order chi connectivity index (χ1) is 14.0. The standard InChI is InChI=1S/C21H20FN3O2S2/c1-4-24-16-12-15(27-3)10-11-17(16)28-20(24)18-19(26)25(5-2)21(29-18)23-14-8-6-13(22)7-9-14/h6-12H,4-5H2,1-3H3/b20-18-,23-21?. The molecule has 5 nitrogen and oxygen atoms in total. The van der Waals surface area contributed by atoms with Crippen molar-refractivity contribution in [3.8, 4) is 5.75 Å². The normalized spacial score (nSPS) is 20.0. The van der Waals surface area contributed by atoms with Gasteiger partial charge in [-0.25, -0.2) is 9.38 Å². The zero-order chi connectivity index (χ0) is 20.5. The molecule has 150 valence electrons. The number of anilines is 1. The first-order valence-corrected chi connectivity index (χ1v) is 10.9. The lowest BCUT2D eigenvalue weighted by Crippen LogP contribution is -2.29. The molecule has 0 bridgehead atoms. The summed E-state index contributed by atoms with van der Waals surface area (Å²) >= 11 is 2.95. The minimum absolute atomic E-state index is 0.0564. The highest BCUT2D eigenvalue weighted by Gasteiger charge is 2.39. The molecule has 1 fully saturated rings. The van der Waals surface area contributed by atoms with E-state index in [-0.39, 0.29) is 11.7 Å². The smallest absolute Gasteiger partial charge is 0.269 e. The van der Waals surface area contributed by atoms with Crippen LogP contribution in [0.2, 0.25) is 0 Å². The molecule has 2 heterocycles. The fourth-order valence-electron chi connectivity index (χ4n) is 3.20. The zero-order valence-corrected chi connectivity index (χ0v) is 17.9. The van der Waals surface area contributed by atoms with Crippen LogP contribution in [0, 0.1) is 5.82 Å². The molecule has 0 atom stereocenters. The molecular formula is C21H20FN3O2S2. The summed E-state index contributed by atoms with van der Waals surface area (Å²) < 4.78 is 18.6. The Morgan fingerprint density at radius 3 is 2.41 bits per heavy atom. The number of carbonyl (C=O) groups excluding carboxylic acids is 1. The van der Waals surface area contributed by atoms with Gasteiger partial charge in [-0.1, -0.05) is 11.8 Å². The zero-order valence-electron chi connectivity index (χ0n) is 16.3. The van der Waals surface area contributed by atoms with Crippen molar-refractivity contribution in [1.82, 2.24) is 4.90 Å². The molecule has 0 spiro atoms. The van der Waals surface area contributed by atoms with E-state index in [9.17, 15) is 9.18 Å². The number of fused-ring (bicyclic) bond motifs is 1. The van der Waals surface area contributed by atoms with Crippen LogP contribution in [0.15, 0.2) is 62.3 Å². The number of aliphatic imine (C=N–C) groups is 1. The van der Waals surface area contributed by atoms with Gasteiger partial charge in [-0.2, -0.15) is 0 Å². The molecule has 0 radical (unpaired) electrons. The van der Waals surface area contributed by atoms with Gasteiger partial charge in [0.2, 0.25) is 0 Å². The fraction of sp³-hybridized carbons (Fsp3) is 0.238. The summed E-state index contributed by atoms with van der Waals surface area (Å²) in [5, 5.41) is 1.52. The molecule has 0 aliphatic carbocycles. The number of hydrogen-bond acceptors (Lipinski definition) is 6. The summed E-state index contributed by atoms with van der Waals surface area (Å²) in [5.74, 6) is 0.417. The molecule has 2 aromatic carbocycles. The van der Waals surface area contributed by atoms with Gasteiger partial charge in [0.05, 0.1) is 18.5 Å². The minimum Gasteiger partial charge on any atom is -0.497 e. The third-order valence-corrected chi connectivity index (χ3v) is 7.03. The average Bonchev–Trinajstić information content (AvgIpc) is 3.25. The third-order valence-electron chi connectivity index (χ3n) is 4.65. The first-order valence-electron chi connectivity index (χ1n) is 9.27. The van der Waals surface area contributed by atoms with Crippen LogP contribution in [0.25, 0.3) is 0 Å². The second-order valence-electron chi connectivity index (χ2n) is 6.34. The molecule has 0 aromatic heterocycles. The Labute approximate surface area is 177 Å². The Hall–Kier alpha value is -2.45. The minimum atomic E-state index is -0.312. The van der Waals surface area contributed by atoms with Crippen LogP contribution in [0.5, 0.6) is 5.75 Å². The number of ether oxygens (including phenoxy) is 1. The summed E-state index contributed by atoms with van der Waals surface area (Å²) in [7, 11) is 1.65. The molecule has 2 aliphatic heterocycles. The highest BCUT2D eigenvalue weighted by atomic mass is 32.2. The number of hydrogen-bond donors (Lipinski definition) is 0. The molecular weight excluding hydrogens is 409 g/mol. The van der Waals surface area contributed by atoms with E-state index in [2.05, 4.69) is 16.8 Å². The van der Waals surface area contributed by atoms with Crippen molar-refractivity contribution in [3.05, 3.63) is 58.2 Å². The van der Waals surface area contributed by atoms with Gasteiger partial charge in [0.15, 0.2) is 5.17 Å². The van der Waals surface area contributed by atoms with Crippen LogP contribution in [-0.4, -0.2) is 36.2 Å². The Balaban J connectivity index is 1.73.